The fraction of sp³-hybridized carbons (Fsp3) is 0.429. The number of carbonyl (C=O) groups excluding carboxylic acids is 1. The van der Waals surface area contributed by atoms with Crippen molar-refractivity contribution < 1.29 is 9.53 Å². The Morgan fingerprint density at radius 2 is 1.89 bits per heavy atom. The topological polar surface area (TPSA) is 67.9 Å². The van der Waals surface area contributed by atoms with E-state index in [-0.39, 0.29) is 11.9 Å². The zero-order valence-corrected chi connectivity index (χ0v) is 11.3. The molecule has 0 saturated carbocycles. The number of hydrogen-bond donors (Lipinski definition) is 1. The smallest absolute Gasteiger partial charge is 0.300 e. The van der Waals surface area contributed by atoms with Gasteiger partial charge in [-0.25, -0.2) is 0 Å². The Balaban J connectivity index is 2.38. The number of benzene rings is 1. The molecule has 1 heterocycles. The molecule has 0 spiro atoms. The van der Waals surface area contributed by atoms with Crippen molar-refractivity contribution in [1.29, 1.82) is 0 Å². The molecule has 1 aliphatic heterocycles. The Kier molecular flexibility index (Phi) is 3.85. The van der Waals surface area contributed by atoms with Gasteiger partial charge in [-0.15, -0.1) is 0 Å². The van der Waals surface area contributed by atoms with Crippen LogP contribution in [0, 0.1) is 0 Å². The van der Waals surface area contributed by atoms with Gasteiger partial charge in [0, 0.05) is 5.56 Å². The number of nitrogens with zero attached hydrogens (tertiary/aromatic N) is 2. The highest BCUT2D eigenvalue weighted by Crippen LogP contribution is 2.32. The van der Waals surface area contributed by atoms with E-state index in [4.69, 9.17) is 10.5 Å². The summed E-state index contributed by atoms with van der Waals surface area (Å²) in [4.78, 5) is 18.1. The molecule has 19 heavy (non-hydrogen) atoms. The second-order valence-electron chi connectivity index (χ2n) is 4.51. The van der Waals surface area contributed by atoms with Crippen LogP contribution in [0.3, 0.4) is 0 Å². The lowest BCUT2D eigenvalue weighted by atomic mass is 9.92. The van der Waals surface area contributed by atoms with E-state index in [9.17, 15) is 4.79 Å². The van der Waals surface area contributed by atoms with E-state index in [1.165, 1.54) is 0 Å². The quantitative estimate of drug-likeness (QED) is 0.861. The maximum absolute atomic E-state index is 12.3. The molecule has 0 radical (unpaired) electrons. The first-order valence-corrected chi connectivity index (χ1v) is 6.48. The van der Waals surface area contributed by atoms with Crippen LogP contribution in [0.1, 0.15) is 19.4 Å². The average molecular weight is 261 g/mol. The van der Waals surface area contributed by atoms with Gasteiger partial charge >= 0.3 is 5.91 Å². The second-order valence-corrected chi connectivity index (χ2v) is 4.51. The number of nitrogens with two attached hydrogens (primary N) is 1. The number of rotatable bonds is 5. The van der Waals surface area contributed by atoms with Crippen molar-refractivity contribution in [3.05, 3.63) is 35.9 Å². The molecule has 0 aliphatic carbocycles. The SMILES string of the molecule is CCN(CC)CC1(c2ccccc2)OC(N)=NC1=O. The summed E-state index contributed by atoms with van der Waals surface area (Å²) in [5.41, 5.74) is 5.27. The van der Waals surface area contributed by atoms with Gasteiger partial charge in [-0.2, -0.15) is 4.99 Å². The Morgan fingerprint density at radius 3 is 2.37 bits per heavy atom. The standard InChI is InChI=1S/C14H19N3O2/c1-3-17(4-2)10-14(11-8-6-5-7-9-11)12(18)16-13(15)19-14/h5-9H,3-4,10H2,1-2H3,(H2,15,16,18). The fourth-order valence-corrected chi connectivity index (χ4v) is 2.28. The van der Waals surface area contributed by atoms with Crippen molar-refractivity contribution in [1.82, 2.24) is 4.90 Å². The summed E-state index contributed by atoms with van der Waals surface area (Å²) >= 11 is 0. The van der Waals surface area contributed by atoms with Crippen LogP contribution in [-0.4, -0.2) is 36.5 Å². The largest absolute Gasteiger partial charge is 0.442 e. The van der Waals surface area contributed by atoms with Crippen LogP contribution in [0.4, 0.5) is 0 Å². The van der Waals surface area contributed by atoms with E-state index < -0.39 is 5.60 Å². The molecule has 1 amide bonds. The molecule has 0 saturated heterocycles. The van der Waals surface area contributed by atoms with Gasteiger partial charge in [0.2, 0.25) is 5.60 Å². The van der Waals surface area contributed by atoms with E-state index >= 15 is 0 Å². The molecule has 0 bridgehead atoms. The van der Waals surface area contributed by atoms with Crippen LogP contribution >= 0.6 is 0 Å². The summed E-state index contributed by atoms with van der Waals surface area (Å²) in [5, 5.41) is 0. The number of aliphatic imine (C=N–C) groups is 1. The summed E-state index contributed by atoms with van der Waals surface area (Å²) < 4.78 is 5.62. The van der Waals surface area contributed by atoms with E-state index in [1.807, 2.05) is 44.2 Å². The van der Waals surface area contributed by atoms with Crippen LogP contribution < -0.4 is 5.73 Å². The molecular formula is C14H19N3O2. The zero-order valence-electron chi connectivity index (χ0n) is 11.3. The highest BCUT2D eigenvalue weighted by Gasteiger charge is 2.48. The minimum Gasteiger partial charge on any atom is -0.442 e. The Bertz CT molecular complexity index is 483. The lowest BCUT2D eigenvalue weighted by Gasteiger charge is -2.31. The van der Waals surface area contributed by atoms with Crippen LogP contribution in [0.5, 0.6) is 0 Å². The van der Waals surface area contributed by atoms with Gasteiger partial charge in [-0.05, 0) is 13.1 Å². The third kappa shape index (κ3) is 2.46. The monoisotopic (exact) mass is 261 g/mol. The Labute approximate surface area is 113 Å². The van der Waals surface area contributed by atoms with Gasteiger partial charge in [-0.3, -0.25) is 9.69 Å². The predicted molar refractivity (Wildman–Crippen MR) is 73.6 cm³/mol. The molecule has 1 aliphatic rings. The highest BCUT2D eigenvalue weighted by atomic mass is 16.5. The molecular weight excluding hydrogens is 242 g/mol. The normalized spacial score (nSPS) is 22.5. The predicted octanol–water partition coefficient (Wildman–Crippen LogP) is 1.10. The molecule has 5 heteroatoms. The summed E-state index contributed by atoms with van der Waals surface area (Å²) in [7, 11) is 0. The van der Waals surface area contributed by atoms with E-state index in [0.29, 0.717) is 6.54 Å². The number of ether oxygens (including phenoxy) is 1. The average Bonchev–Trinajstić information content (AvgIpc) is 2.72. The number of amidine groups is 1. The van der Waals surface area contributed by atoms with Gasteiger partial charge in [0.15, 0.2) is 0 Å². The molecule has 2 rings (SSSR count). The van der Waals surface area contributed by atoms with Crippen molar-refractivity contribution in [2.75, 3.05) is 19.6 Å². The van der Waals surface area contributed by atoms with Gasteiger partial charge in [0.05, 0.1) is 6.54 Å². The molecule has 0 aromatic heterocycles. The molecule has 0 fully saturated rings. The molecule has 102 valence electrons. The molecule has 1 aromatic rings. The third-order valence-corrected chi connectivity index (χ3v) is 3.42. The van der Waals surface area contributed by atoms with Crippen LogP contribution in [0.2, 0.25) is 0 Å². The molecule has 1 unspecified atom stereocenters. The second kappa shape index (κ2) is 5.40. The Morgan fingerprint density at radius 1 is 1.26 bits per heavy atom. The van der Waals surface area contributed by atoms with Crippen molar-refractivity contribution in [2.45, 2.75) is 19.4 Å². The van der Waals surface area contributed by atoms with Gasteiger partial charge in [0.25, 0.3) is 6.02 Å². The molecule has 5 nitrogen and oxygen atoms in total. The first-order chi connectivity index (χ1) is 9.12. The summed E-state index contributed by atoms with van der Waals surface area (Å²) in [5.74, 6) is -0.330. The number of amides is 1. The minimum atomic E-state index is -1.10. The molecule has 2 N–H and O–H groups in total. The maximum atomic E-state index is 12.3. The van der Waals surface area contributed by atoms with Crippen LogP contribution in [-0.2, 0) is 15.1 Å². The molecule has 1 aromatic carbocycles. The Hall–Kier alpha value is -1.88. The van der Waals surface area contributed by atoms with Crippen LogP contribution in [0.15, 0.2) is 35.3 Å². The number of likely N-dealkylation sites (N-methyl/N-ethyl adjacent to an activating group) is 1. The lowest BCUT2D eigenvalue weighted by molar-refractivity contribution is -0.133. The van der Waals surface area contributed by atoms with Gasteiger partial charge < -0.3 is 10.5 Å². The van der Waals surface area contributed by atoms with Crippen LogP contribution in [0.25, 0.3) is 0 Å². The lowest BCUT2D eigenvalue weighted by Crippen LogP contribution is -2.46. The van der Waals surface area contributed by atoms with Crippen molar-refractivity contribution in [3.63, 3.8) is 0 Å². The minimum absolute atomic E-state index is 0.0546. The van der Waals surface area contributed by atoms with E-state index in [2.05, 4.69) is 9.89 Å². The summed E-state index contributed by atoms with van der Waals surface area (Å²) in [6.07, 6.45) is 0. The maximum Gasteiger partial charge on any atom is 0.300 e. The van der Waals surface area contributed by atoms with Crippen molar-refractivity contribution in [3.8, 4) is 0 Å². The molecule has 1 atom stereocenters. The van der Waals surface area contributed by atoms with E-state index in [1.54, 1.807) is 0 Å². The fourth-order valence-electron chi connectivity index (χ4n) is 2.28. The zero-order chi connectivity index (χ0) is 13.9. The summed E-state index contributed by atoms with van der Waals surface area (Å²) in [6, 6.07) is 9.35. The highest BCUT2D eigenvalue weighted by molar-refractivity contribution is 6.01. The number of hydrogen-bond acceptors (Lipinski definition) is 4. The number of carbonyl (C=O) groups is 1. The van der Waals surface area contributed by atoms with Crippen molar-refractivity contribution in [2.24, 2.45) is 10.7 Å². The first kappa shape index (κ1) is 13.5. The van der Waals surface area contributed by atoms with Crippen molar-refractivity contribution >= 4 is 11.9 Å². The summed E-state index contributed by atoms with van der Waals surface area (Å²) in [6.45, 7) is 6.22. The first-order valence-electron chi connectivity index (χ1n) is 6.48. The third-order valence-electron chi connectivity index (χ3n) is 3.42. The van der Waals surface area contributed by atoms with Gasteiger partial charge in [0.1, 0.15) is 0 Å². The van der Waals surface area contributed by atoms with E-state index in [0.717, 1.165) is 18.7 Å². The van der Waals surface area contributed by atoms with Gasteiger partial charge in [-0.1, -0.05) is 44.2 Å².